The summed E-state index contributed by atoms with van der Waals surface area (Å²) in [7, 11) is 2.18. The zero-order chi connectivity index (χ0) is 26.1. The van der Waals surface area contributed by atoms with Gasteiger partial charge in [-0.25, -0.2) is 0 Å². The second kappa shape index (κ2) is 9.84. The number of nitrogens with zero attached hydrogens (tertiary/aromatic N) is 1. The van der Waals surface area contributed by atoms with Crippen LogP contribution in [-0.2, 0) is 5.41 Å². The third-order valence-corrected chi connectivity index (χ3v) is 7.90. The molecular weight excluding hydrogens is 458 g/mol. The fraction of sp³-hybridized carbons (Fsp3) is 0.135. The van der Waals surface area contributed by atoms with Crippen LogP contribution >= 0.6 is 0 Å². The van der Waals surface area contributed by atoms with Crippen LogP contribution in [0.4, 0.5) is 5.69 Å². The molecule has 0 unspecified atom stereocenters. The lowest BCUT2D eigenvalue weighted by Crippen LogP contribution is -2.23. The second-order valence-corrected chi connectivity index (χ2v) is 10.4. The van der Waals surface area contributed by atoms with Gasteiger partial charge >= 0.3 is 0 Å². The molecule has 0 heterocycles. The van der Waals surface area contributed by atoms with Crippen LogP contribution in [0, 0.1) is 0 Å². The van der Waals surface area contributed by atoms with Crippen molar-refractivity contribution in [2.45, 2.75) is 19.3 Å². The topological polar surface area (TPSA) is 3.24 Å². The van der Waals surface area contributed by atoms with E-state index in [9.17, 15) is 0 Å². The number of allylic oxidation sites excluding steroid dienone is 4. The van der Waals surface area contributed by atoms with Gasteiger partial charge in [0, 0.05) is 24.7 Å². The van der Waals surface area contributed by atoms with Crippen molar-refractivity contribution in [1.29, 1.82) is 0 Å². The van der Waals surface area contributed by atoms with Gasteiger partial charge in [0.25, 0.3) is 0 Å². The Morgan fingerprint density at radius 1 is 0.553 bits per heavy atom. The highest BCUT2D eigenvalue weighted by Crippen LogP contribution is 2.42. The van der Waals surface area contributed by atoms with E-state index in [0.29, 0.717) is 0 Å². The number of hydrogen-bond acceptors (Lipinski definition) is 1. The maximum absolute atomic E-state index is 2.36. The van der Waals surface area contributed by atoms with Crippen molar-refractivity contribution in [3.8, 4) is 0 Å². The monoisotopic (exact) mass is 491 g/mol. The van der Waals surface area contributed by atoms with Crippen LogP contribution in [0.3, 0.4) is 0 Å². The first kappa shape index (κ1) is 24.0. The lowest BCUT2D eigenvalue weighted by atomic mass is 9.79. The summed E-state index contributed by atoms with van der Waals surface area (Å²) in [5.74, 6) is 0. The lowest BCUT2D eigenvalue weighted by molar-refractivity contribution is 0.770. The van der Waals surface area contributed by atoms with Gasteiger partial charge in [0.15, 0.2) is 0 Å². The molecule has 0 saturated heterocycles. The fourth-order valence-electron chi connectivity index (χ4n) is 5.67. The molecule has 6 aromatic rings. The van der Waals surface area contributed by atoms with Crippen LogP contribution in [-0.4, -0.2) is 13.6 Å². The minimum Gasteiger partial charge on any atom is -0.375 e. The molecule has 0 N–H and O–H groups in total. The Morgan fingerprint density at radius 2 is 0.974 bits per heavy atom. The Balaban J connectivity index is 0.000000159. The Labute approximate surface area is 225 Å². The summed E-state index contributed by atoms with van der Waals surface area (Å²) in [6.45, 7) is 5.51. The summed E-state index contributed by atoms with van der Waals surface area (Å²) in [6, 6.07) is 39.3. The predicted molar refractivity (Wildman–Crippen MR) is 167 cm³/mol. The van der Waals surface area contributed by atoms with E-state index in [-0.39, 0.29) is 5.41 Å². The minimum absolute atomic E-state index is 0.0548. The molecule has 0 saturated carbocycles. The van der Waals surface area contributed by atoms with E-state index in [1.54, 1.807) is 0 Å². The van der Waals surface area contributed by atoms with Crippen LogP contribution in [0.15, 0.2) is 133 Å². The normalized spacial score (nSPS) is 13.8. The summed E-state index contributed by atoms with van der Waals surface area (Å²) in [5.41, 5.74) is 2.67. The molecule has 6 aromatic carbocycles. The Morgan fingerprint density at radius 3 is 1.42 bits per heavy atom. The molecule has 0 amide bonds. The average Bonchev–Trinajstić information content (AvgIpc) is 3.41. The van der Waals surface area contributed by atoms with Crippen LogP contribution in [0.5, 0.6) is 0 Å². The van der Waals surface area contributed by atoms with E-state index < -0.39 is 0 Å². The van der Waals surface area contributed by atoms with E-state index in [4.69, 9.17) is 0 Å². The lowest BCUT2D eigenvalue weighted by Gasteiger charge is -2.30. The van der Waals surface area contributed by atoms with Crippen molar-refractivity contribution >= 4 is 48.8 Å². The van der Waals surface area contributed by atoms with Gasteiger partial charge in [0.1, 0.15) is 0 Å². The van der Waals surface area contributed by atoms with Gasteiger partial charge < -0.3 is 4.90 Å². The van der Waals surface area contributed by atoms with Crippen molar-refractivity contribution in [2.75, 3.05) is 18.5 Å². The van der Waals surface area contributed by atoms with Crippen molar-refractivity contribution in [1.82, 2.24) is 0 Å². The van der Waals surface area contributed by atoms with Crippen LogP contribution in [0.1, 0.15) is 19.4 Å². The molecule has 7 rings (SSSR count). The Kier molecular flexibility index (Phi) is 6.21. The molecular formula is C37H33N. The number of anilines is 1. The molecule has 1 nitrogen and oxygen atoms in total. The molecule has 0 atom stereocenters. The van der Waals surface area contributed by atoms with Crippen molar-refractivity contribution in [3.63, 3.8) is 0 Å². The average molecular weight is 492 g/mol. The van der Waals surface area contributed by atoms with E-state index in [1.807, 2.05) is 0 Å². The number of benzene rings is 6. The largest absolute Gasteiger partial charge is 0.375 e. The van der Waals surface area contributed by atoms with Gasteiger partial charge in [-0.2, -0.15) is 0 Å². The first-order chi connectivity index (χ1) is 18.6. The van der Waals surface area contributed by atoms with Crippen LogP contribution in [0.25, 0.3) is 43.1 Å². The maximum atomic E-state index is 2.36. The van der Waals surface area contributed by atoms with E-state index in [0.717, 1.165) is 6.54 Å². The highest BCUT2D eigenvalue weighted by molar-refractivity contribution is 6.02. The van der Waals surface area contributed by atoms with Gasteiger partial charge in [0.2, 0.25) is 0 Å². The summed E-state index contributed by atoms with van der Waals surface area (Å²) < 4.78 is 0. The predicted octanol–water partition coefficient (Wildman–Crippen LogP) is 9.83. The van der Waals surface area contributed by atoms with Gasteiger partial charge in [-0.05, 0) is 92.8 Å². The highest BCUT2D eigenvalue weighted by Gasteiger charge is 2.28. The summed E-state index contributed by atoms with van der Waals surface area (Å²) in [5, 5.41) is 10.5. The third-order valence-electron chi connectivity index (χ3n) is 7.90. The molecule has 0 aliphatic heterocycles. The van der Waals surface area contributed by atoms with Gasteiger partial charge in [0.05, 0.1) is 0 Å². The fourth-order valence-corrected chi connectivity index (χ4v) is 5.67. The first-order valence-corrected chi connectivity index (χ1v) is 13.5. The number of hydrogen-bond donors (Lipinski definition) is 0. The Bertz CT molecular complexity index is 1720. The zero-order valence-corrected chi connectivity index (χ0v) is 22.4. The van der Waals surface area contributed by atoms with Gasteiger partial charge in [-0.15, -0.1) is 0 Å². The Hall–Kier alpha value is -4.36. The van der Waals surface area contributed by atoms with Crippen molar-refractivity contribution < 1.29 is 0 Å². The summed E-state index contributed by atoms with van der Waals surface area (Å²) in [4.78, 5) is 2.34. The zero-order valence-electron chi connectivity index (χ0n) is 22.4. The van der Waals surface area contributed by atoms with Crippen LogP contribution < -0.4 is 4.90 Å². The molecule has 1 aliphatic rings. The number of fused-ring (bicyclic) bond motifs is 4. The molecule has 186 valence electrons. The summed E-state index contributed by atoms with van der Waals surface area (Å²) >= 11 is 0. The van der Waals surface area contributed by atoms with E-state index in [1.165, 1.54) is 54.3 Å². The van der Waals surface area contributed by atoms with Crippen molar-refractivity contribution in [2.24, 2.45) is 0 Å². The van der Waals surface area contributed by atoms with E-state index >= 15 is 0 Å². The van der Waals surface area contributed by atoms with Crippen LogP contribution in [0.2, 0.25) is 0 Å². The van der Waals surface area contributed by atoms with Crippen molar-refractivity contribution in [3.05, 3.63) is 139 Å². The molecule has 0 radical (unpaired) electrons. The highest BCUT2D eigenvalue weighted by atomic mass is 15.1. The molecule has 1 heteroatoms. The van der Waals surface area contributed by atoms with E-state index in [2.05, 4.69) is 159 Å². The standard InChI is InChI=1S/C23H23N.C14H10/c1-4-24(3)21-12-11-19-15-17-9-5-6-10-18(17)16-20(19)22(21)23(2)13-7-8-14-23;1-2-6-12-10-14-8-4-3-7-13(14)9-11(12)5-1/h5-16H,4H2,1-3H3;1-10H. The second-order valence-electron chi connectivity index (χ2n) is 10.4. The molecule has 38 heavy (non-hydrogen) atoms. The minimum atomic E-state index is -0.0548. The van der Waals surface area contributed by atoms with Gasteiger partial charge in [-0.3, -0.25) is 0 Å². The maximum Gasteiger partial charge on any atom is 0.0414 e. The smallest absolute Gasteiger partial charge is 0.0414 e. The summed E-state index contributed by atoms with van der Waals surface area (Å²) in [6.07, 6.45) is 8.94. The molecule has 0 spiro atoms. The van der Waals surface area contributed by atoms with Gasteiger partial charge in [-0.1, -0.05) is 103 Å². The molecule has 0 bridgehead atoms. The molecule has 1 aliphatic carbocycles. The first-order valence-electron chi connectivity index (χ1n) is 13.5. The number of rotatable bonds is 3. The SMILES string of the molecule is CCN(C)c1ccc2cc3ccccc3cc2c1C1(C)C=CC=C1.c1ccc2cc3ccccc3cc2c1. The third kappa shape index (κ3) is 4.35. The quantitative estimate of drug-likeness (QED) is 0.223. The molecule has 0 aromatic heterocycles. The molecule has 0 fully saturated rings.